The number of rotatable bonds is 4. The Kier molecular flexibility index (Phi) is 2.95. The number of hydrazine groups is 1. The van der Waals surface area contributed by atoms with E-state index in [0.717, 1.165) is 13.0 Å². The van der Waals surface area contributed by atoms with Crippen molar-refractivity contribution >= 4 is 17.0 Å². The van der Waals surface area contributed by atoms with E-state index >= 15 is 0 Å². The van der Waals surface area contributed by atoms with Crippen LogP contribution < -0.4 is 11.3 Å². The van der Waals surface area contributed by atoms with Crippen LogP contribution in [0.15, 0.2) is 6.33 Å². The standard InChI is InChI=1S/C9H15N7/c1-6(2)3-4-16-9-7(14-15-16)8(13-10)11-5-12-9/h5-6H,3-4,10H2,1-2H3,(H,11,12,13). The van der Waals surface area contributed by atoms with Crippen molar-refractivity contribution in [3.05, 3.63) is 6.33 Å². The Hall–Kier alpha value is -1.76. The molecule has 0 aliphatic carbocycles. The fraction of sp³-hybridized carbons (Fsp3) is 0.556. The largest absolute Gasteiger partial charge is 0.306 e. The lowest BCUT2D eigenvalue weighted by Crippen LogP contribution is -2.09. The average Bonchev–Trinajstić information content (AvgIpc) is 2.69. The van der Waals surface area contributed by atoms with Crippen LogP contribution in [-0.2, 0) is 6.54 Å². The molecule has 16 heavy (non-hydrogen) atoms. The second-order valence-electron chi connectivity index (χ2n) is 4.03. The third-order valence-electron chi connectivity index (χ3n) is 2.36. The number of nitrogens with one attached hydrogen (secondary N) is 1. The molecule has 2 aromatic rings. The summed E-state index contributed by atoms with van der Waals surface area (Å²) >= 11 is 0. The summed E-state index contributed by atoms with van der Waals surface area (Å²) in [5.74, 6) is 6.45. The third kappa shape index (κ3) is 1.94. The first kappa shape index (κ1) is 10.7. The van der Waals surface area contributed by atoms with Gasteiger partial charge in [0.25, 0.3) is 0 Å². The zero-order valence-corrected chi connectivity index (χ0v) is 9.38. The predicted octanol–water partition coefficient (Wildman–Crippen LogP) is 0.553. The van der Waals surface area contributed by atoms with Gasteiger partial charge >= 0.3 is 0 Å². The number of aromatic nitrogens is 5. The van der Waals surface area contributed by atoms with Crippen molar-refractivity contribution in [2.24, 2.45) is 11.8 Å². The van der Waals surface area contributed by atoms with Crippen LogP contribution in [0.5, 0.6) is 0 Å². The maximum absolute atomic E-state index is 5.33. The maximum Gasteiger partial charge on any atom is 0.183 e. The predicted molar refractivity (Wildman–Crippen MR) is 60.4 cm³/mol. The van der Waals surface area contributed by atoms with E-state index in [-0.39, 0.29) is 0 Å². The molecule has 0 aliphatic rings. The summed E-state index contributed by atoms with van der Waals surface area (Å²) in [6.07, 6.45) is 2.49. The van der Waals surface area contributed by atoms with E-state index in [4.69, 9.17) is 5.84 Å². The van der Waals surface area contributed by atoms with E-state index in [2.05, 4.69) is 39.6 Å². The van der Waals surface area contributed by atoms with Crippen LogP contribution in [0.25, 0.3) is 11.2 Å². The minimum absolute atomic E-state index is 0.501. The Labute approximate surface area is 93.0 Å². The van der Waals surface area contributed by atoms with Gasteiger partial charge in [0.1, 0.15) is 6.33 Å². The number of hydrogen-bond acceptors (Lipinski definition) is 6. The van der Waals surface area contributed by atoms with Crippen molar-refractivity contribution in [2.45, 2.75) is 26.8 Å². The van der Waals surface area contributed by atoms with E-state index < -0.39 is 0 Å². The number of nitrogen functional groups attached to an aromatic ring is 1. The molecule has 3 N–H and O–H groups in total. The highest BCUT2D eigenvalue weighted by atomic mass is 15.4. The van der Waals surface area contributed by atoms with Crippen LogP contribution in [0.3, 0.4) is 0 Å². The number of nitrogens with two attached hydrogens (primary N) is 1. The molecule has 0 aromatic carbocycles. The molecule has 0 amide bonds. The van der Waals surface area contributed by atoms with E-state index in [9.17, 15) is 0 Å². The maximum atomic E-state index is 5.33. The molecule has 86 valence electrons. The van der Waals surface area contributed by atoms with Gasteiger partial charge in [-0.1, -0.05) is 19.1 Å². The summed E-state index contributed by atoms with van der Waals surface area (Å²) in [5, 5.41) is 8.06. The minimum atomic E-state index is 0.501. The summed E-state index contributed by atoms with van der Waals surface area (Å²) in [5.41, 5.74) is 3.80. The van der Waals surface area contributed by atoms with Gasteiger partial charge in [0.2, 0.25) is 0 Å². The molecular weight excluding hydrogens is 206 g/mol. The number of hydrogen-bond donors (Lipinski definition) is 2. The Balaban J connectivity index is 2.34. The molecule has 7 heteroatoms. The number of anilines is 1. The summed E-state index contributed by atoms with van der Waals surface area (Å²) in [7, 11) is 0. The van der Waals surface area contributed by atoms with Crippen molar-refractivity contribution in [1.29, 1.82) is 0 Å². The molecule has 2 heterocycles. The lowest BCUT2D eigenvalue weighted by molar-refractivity contribution is 0.485. The lowest BCUT2D eigenvalue weighted by atomic mass is 10.1. The normalized spacial score (nSPS) is 11.2. The molecule has 0 spiro atoms. The molecule has 0 bridgehead atoms. The van der Waals surface area contributed by atoms with Gasteiger partial charge in [0.15, 0.2) is 17.0 Å². The van der Waals surface area contributed by atoms with Gasteiger partial charge in [-0.3, -0.25) is 0 Å². The molecule has 0 aliphatic heterocycles. The van der Waals surface area contributed by atoms with E-state index in [1.807, 2.05) is 0 Å². The molecule has 0 unspecified atom stereocenters. The summed E-state index contributed by atoms with van der Waals surface area (Å²) in [6, 6.07) is 0. The fourth-order valence-corrected chi connectivity index (χ4v) is 1.43. The van der Waals surface area contributed by atoms with Crippen LogP contribution in [0.1, 0.15) is 20.3 Å². The van der Waals surface area contributed by atoms with Gasteiger partial charge < -0.3 is 5.43 Å². The van der Waals surface area contributed by atoms with Crippen molar-refractivity contribution in [2.75, 3.05) is 5.43 Å². The van der Waals surface area contributed by atoms with Crippen molar-refractivity contribution in [3.63, 3.8) is 0 Å². The topological polar surface area (TPSA) is 94.5 Å². The van der Waals surface area contributed by atoms with E-state index in [1.54, 1.807) is 4.68 Å². The third-order valence-corrected chi connectivity index (χ3v) is 2.36. The number of aryl methyl sites for hydroxylation is 1. The number of fused-ring (bicyclic) bond motifs is 1. The molecule has 2 aromatic heterocycles. The molecule has 0 radical (unpaired) electrons. The second-order valence-corrected chi connectivity index (χ2v) is 4.03. The second kappa shape index (κ2) is 4.40. The summed E-state index contributed by atoms with van der Waals surface area (Å²) in [4.78, 5) is 8.13. The van der Waals surface area contributed by atoms with Gasteiger partial charge in [-0.15, -0.1) is 5.10 Å². The van der Waals surface area contributed by atoms with Crippen molar-refractivity contribution in [3.8, 4) is 0 Å². The van der Waals surface area contributed by atoms with Gasteiger partial charge in [0.05, 0.1) is 0 Å². The van der Waals surface area contributed by atoms with Crippen LogP contribution in [-0.4, -0.2) is 25.0 Å². The molecular formula is C9H15N7. The SMILES string of the molecule is CC(C)CCn1nnc2c(NN)ncnc21. The zero-order chi connectivity index (χ0) is 11.5. The highest BCUT2D eigenvalue weighted by Crippen LogP contribution is 2.15. The Morgan fingerprint density at radius 2 is 2.25 bits per heavy atom. The molecule has 0 saturated carbocycles. The quantitative estimate of drug-likeness (QED) is 0.578. The smallest absolute Gasteiger partial charge is 0.183 e. The first-order chi connectivity index (χ1) is 7.72. The summed E-state index contributed by atoms with van der Waals surface area (Å²) < 4.78 is 1.78. The van der Waals surface area contributed by atoms with Crippen LogP contribution in [0, 0.1) is 5.92 Å². The average molecular weight is 221 g/mol. The fourth-order valence-electron chi connectivity index (χ4n) is 1.43. The van der Waals surface area contributed by atoms with Gasteiger partial charge in [0, 0.05) is 6.54 Å². The highest BCUT2D eigenvalue weighted by molar-refractivity contribution is 5.81. The zero-order valence-electron chi connectivity index (χ0n) is 9.38. The Bertz CT molecular complexity index is 476. The van der Waals surface area contributed by atoms with Crippen LogP contribution in [0.2, 0.25) is 0 Å². The lowest BCUT2D eigenvalue weighted by Gasteiger charge is -2.04. The minimum Gasteiger partial charge on any atom is -0.306 e. The monoisotopic (exact) mass is 221 g/mol. The summed E-state index contributed by atoms with van der Waals surface area (Å²) in [6.45, 7) is 5.14. The van der Waals surface area contributed by atoms with Gasteiger partial charge in [-0.05, 0) is 12.3 Å². The molecule has 0 atom stereocenters. The van der Waals surface area contributed by atoms with Gasteiger partial charge in [-0.2, -0.15) is 0 Å². The Morgan fingerprint density at radius 1 is 1.44 bits per heavy atom. The molecule has 0 saturated heterocycles. The molecule has 7 nitrogen and oxygen atoms in total. The molecule has 2 rings (SSSR count). The first-order valence-electron chi connectivity index (χ1n) is 5.23. The highest BCUT2D eigenvalue weighted by Gasteiger charge is 2.10. The van der Waals surface area contributed by atoms with Crippen LogP contribution in [0.4, 0.5) is 5.82 Å². The molecule has 0 fully saturated rings. The number of nitrogens with zero attached hydrogens (tertiary/aromatic N) is 5. The van der Waals surface area contributed by atoms with Crippen molar-refractivity contribution < 1.29 is 0 Å². The van der Waals surface area contributed by atoms with E-state index in [1.165, 1.54) is 6.33 Å². The van der Waals surface area contributed by atoms with Crippen LogP contribution >= 0.6 is 0 Å². The Morgan fingerprint density at radius 3 is 2.94 bits per heavy atom. The van der Waals surface area contributed by atoms with Crippen molar-refractivity contribution in [1.82, 2.24) is 25.0 Å². The van der Waals surface area contributed by atoms with E-state index in [0.29, 0.717) is 22.9 Å². The first-order valence-corrected chi connectivity index (χ1v) is 5.23. The van der Waals surface area contributed by atoms with Gasteiger partial charge in [-0.25, -0.2) is 20.5 Å².